The van der Waals surface area contributed by atoms with E-state index in [4.69, 9.17) is 9.47 Å². The van der Waals surface area contributed by atoms with Crippen LogP contribution in [0.4, 0.5) is 0 Å². The lowest BCUT2D eigenvalue weighted by atomic mass is 9.85. The highest BCUT2D eigenvalue weighted by Gasteiger charge is 2.30. The fraction of sp³-hybridized carbons (Fsp3) is 0.733. The summed E-state index contributed by atoms with van der Waals surface area (Å²) in [6.45, 7) is 11.3. The third-order valence-electron chi connectivity index (χ3n) is 3.14. The molecular weight excluding hydrogens is 244 g/mol. The second kappa shape index (κ2) is 6.33. The van der Waals surface area contributed by atoms with Gasteiger partial charge in [0.05, 0.1) is 12.2 Å². The van der Waals surface area contributed by atoms with Crippen LogP contribution in [0.2, 0.25) is 0 Å². The molecule has 0 aliphatic carbocycles. The zero-order valence-corrected chi connectivity index (χ0v) is 12.3. The van der Waals surface area contributed by atoms with Crippen LogP contribution < -0.4 is 0 Å². The van der Waals surface area contributed by atoms with Crippen molar-refractivity contribution >= 4 is 11.8 Å². The van der Waals surface area contributed by atoms with Crippen molar-refractivity contribution in [2.24, 2.45) is 5.41 Å². The number of carbonyl (C=O) groups is 2. The van der Waals surface area contributed by atoms with Crippen LogP contribution in [-0.2, 0) is 19.1 Å². The van der Waals surface area contributed by atoms with Crippen molar-refractivity contribution < 1.29 is 19.1 Å². The molecule has 0 aromatic heterocycles. The molecule has 4 nitrogen and oxygen atoms in total. The third kappa shape index (κ3) is 5.55. The summed E-state index contributed by atoms with van der Waals surface area (Å²) in [6.07, 6.45) is 1.46. The number of carbonyl (C=O) groups excluding carboxylic acids is 2. The molecule has 0 aromatic rings. The molecule has 1 rings (SSSR count). The van der Waals surface area contributed by atoms with Gasteiger partial charge < -0.3 is 9.47 Å². The van der Waals surface area contributed by atoms with E-state index in [2.05, 4.69) is 6.58 Å². The van der Waals surface area contributed by atoms with Crippen molar-refractivity contribution in [1.82, 2.24) is 0 Å². The third-order valence-corrected chi connectivity index (χ3v) is 3.14. The number of rotatable bonds is 4. The van der Waals surface area contributed by atoms with Crippen LogP contribution in [0.5, 0.6) is 0 Å². The molecule has 2 atom stereocenters. The minimum Gasteiger partial charge on any atom is -0.463 e. The SMILES string of the molecule is C=C1C[C@@H](COC(C)=O)O[C@@H](CC(=O)C(C)(C)C)C1. The Bertz CT molecular complexity index is 365. The van der Waals surface area contributed by atoms with Crippen LogP contribution in [0.1, 0.15) is 47.0 Å². The number of ether oxygens (including phenoxy) is 2. The first-order chi connectivity index (χ1) is 8.68. The summed E-state index contributed by atoms with van der Waals surface area (Å²) in [5, 5.41) is 0. The zero-order chi connectivity index (χ0) is 14.6. The summed E-state index contributed by atoms with van der Waals surface area (Å²) in [7, 11) is 0. The Hall–Kier alpha value is -1.16. The zero-order valence-electron chi connectivity index (χ0n) is 12.3. The van der Waals surface area contributed by atoms with Crippen molar-refractivity contribution in [3.8, 4) is 0 Å². The molecule has 0 spiro atoms. The van der Waals surface area contributed by atoms with Crippen LogP contribution in [0.15, 0.2) is 12.2 Å². The number of Topliss-reactive ketones (excluding diaryl/α,β-unsaturated/α-hetero) is 1. The lowest BCUT2D eigenvalue weighted by molar-refractivity contribution is -0.150. The van der Waals surface area contributed by atoms with Gasteiger partial charge >= 0.3 is 5.97 Å². The monoisotopic (exact) mass is 268 g/mol. The first-order valence-corrected chi connectivity index (χ1v) is 6.67. The van der Waals surface area contributed by atoms with Gasteiger partial charge in [-0.1, -0.05) is 32.9 Å². The summed E-state index contributed by atoms with van der Waals surface area (Å²) in [4.78, 5) is 22.8. The van der Waals surface area contributed by atoms with Crippen molar-refractivity contribution in [3.05, 3.63) is 12.2 Å². The van der Waals surface area contributed by atoms with Crippen LogP contribution >= 0.6 is 0 Å². The molecule has 1 fully saturated rings. The summed E-state index contributed by atoms with van der Waals surface area (Å²) in [5.41, 5.74) is 0.697. The summed E-state index contributed by atoms with van der Waals surface area (Å²) < 4.78 is 10.8. The Morgan fingerprint density at radius 2 is 1.89 bits per heavy atom. The van der Waals surface area contributed by atoms with E-state index in [0.29, 0.717) is 19.3 Å². The molecule has 1 aliphatic rings. The summed E-state index contributed by atoms with van der Waals surface area (Å²) in [6, 6.07) is 0. The van der Waals surface area contributed by atoms with E-state index in [1.54, 1.807) is 0 Å². The molecule has 108 valence electrons. The van der Waals surface area contributed by atoms with Gasteiger partial charge in [-0.3, -0.25) is 9.59 Å². The Kier molecular flexibility index (Phi) is 5.29. The van der Waals surface area contributed by atoms with Crippen LogP contribution in [0.3, 0.4) is 0 Å². The average Bonchev–Trinajstić information content (AvgIpc) is 2.24. The molecule has 0 radical (unpaired) electrons. The van der Waals surface area contributed by atoms with Crippen molar-refractivity contribution in [2.45, 2.75) is 59.2 Å². The van der Waals surface area contributed by atoms with Gasteiger partial charge in [-0.15, -0.1) is 0 Å². The van der Waals surface area contributed by atoms with Gasteiger partial charge in [-0.25, -0.2) is 0 Å². The molecule has 19 heavy (non-hydrogen) atoms. The average molecular weight is 268 g/mol. The van der Waals surface area contributed by atoms with Gasteiger partial charge in [-0.05, 0) is 12.8 Å². The molecular formula is C15H24O4. The van der Waals surface area contributed by atoms with Crippen LogP contribution in [0, 0.1) is 5.41 Å². The second-order valence-electron chi connectivity index (χ2n) is 6.22. The molecule has 0 amide bonds. The number of esters is 1. The van der Waals surface area contributed by atoms with Gasteiger partial charge in [-0.2, -0.15) is 0 Å². The number of hydrogen-bond acceptors (Lipinski definition) is 4. The quantitative estimate of drug-likeness (QED) is 0.581. The topological polar surface area (TPSA) is 52.6 Å². The fourth-order valence-electron chi connectivity index (χ4n) is 2.04. The highest BCUT2D eigenvalue weighted by Crippen LogP contribution is 2.28. The maximum atomic E-state index is 12.0. The molecule has 1 saturated heterocycles. The fourth-order valence-corrected chi connectivity index (χ4v) is 2.04. The van der Waals surface area contributed by atoms with Gasteiger partial charge in [0, 0.05) is 18.8 Å². The summed E-state index contributed by atoms with van der Waals surface area (Å²) in [5.74, 6) is -0.138. The Balaban J connectivity index is 2.53. The van der Waals surface area contributed by atoms with Crippen LogP contribution in [-0.4, -0.2) is 30.6 Å². The Labute approximate surface area is 115 Å². The smallest absolute Gasteiger partial charge is 0.302 e. The Morgan fingerprint density at radius 1 is 1.32 bits per heavy atom. The van der Waals surface area contributed by atoms with Crippen molar-refractivity contribution in [1.29, 1.82) is 0 Å². The Morgan fingerprint density at radius 3 is 2.42 bits per heavy atom. The summed E-state index contributed by atoms with van der Waals surface area (Å²) >= 11 is 0. The highest BCUT2D eigenvalue weighted by atomic mass is 16.6. The van der Waals surface area contributed by atoms with E-state index in [0.717, 1.165) is 5.57 Å². The predicted octanol–water partition coefficient (Wildman–Crippen LogP) is 2.66. The molecule has 0 aromatic carbocycles. The lowest BCUT2D eigenvalue weighted by Gasteiger charge is -2.32. The van der Waals surface area contributed by atoms with Gasteiger partial charge in [0.25, 0.3) is 0 Å². The van der Waals surface area contributed by atoms with Crippen molar-refractivity contribution in [3.63, 3.8) is 0 Å². The van der Waals surface area contributed by atoms with Gasteiger partial charge in [0.2, 0.25) is 0 Å². The standard InChI is InChI=1S/C15H24O4/c1-10-6-12(8-14(17)15(3,4)5)19-13(7-10)9-18-11(2)16/h12-13H,1,6-9H2,2-5H3/t12-,13+/m1/s1. The largest absolute Gasteiger partial charge is 0.463 e. The molecule has 4 heteroatoms. The number of hydrogen-bond donors (Lipinski definition) is 0. The minimum absolute atomic E-state index is 0.145. The molecule has 0 unspecified atom stereocenters. The highest BCUT2D eigenvalue weighted by molar-refractivity contribution is 5.84. The maximum Gasteiger partial charge on any atom is 0.302 e. The van der Waals surface area contributed by atoms with E-state index in [1.165, 1.54) is 6.92 Å². The molecule has 0 bridgehead atoms. The maximum absolute atomic E-state index is 12.0. The predicted molar refractivity (Wildman–Crippen MR) is 72.7 cm³/mol. The van der Waals surface area contributed by atoms with E-state index < -0.39 is 0 Å². The van der Waals surface area contributed by atoms with E-state index in [-0.39, 0.29) is 36.0 Å². The molecule has 0 saturated carbocycles. The normalized spacial score (nSPS) is 24.1. The van der Waals surface area contributed by atoms with Gasteiger partial charge in [0.15, 0.2) is 0 Å². The first-order valence-electron chi connectivity index (χ1n) is 6.67. The molecule has 0 N–H and O–H groups in total. The lowest BCUT2D eigenvalue weighted by Crippen LogP contribution is -2.35. The van der Waals surface area contributed by atoms with Crippen LogP contribution in [0.25, 0.3) is 0 Å². The van der Waals surface area contributed by atoms with E-state index >= 15 is 0 Å². The second-order valence-corrected chi connectivity index (χ2v) is 6.22. The molecule has 1 aliphatic heterocycles. The van der Waals surface area contributed by atoms with Gasteiger partial charge in [0.1, 0.15) is 12.4 Å². The number of ketones is 1. The van der Waals surface area contributed by atoms with E-state index in [9.17, 15) is 9.59 Å². The minimum atomic E-state index is -0.354. The molecule has 1 heterocycles. The van der Waals surface area contributed by atoms with Crippen molar-refractivity contribution in [2.75, 3.05) is 6.61 Å². The first kappa shape index (κ1) is 15.9. The van der Waals surface area contributed by atoms with E-state index in [1.807, 2.05) is 20.8 Å².